The van der Waals surface area contributed by atoms with Crippen LogP contribution in [0.2, 0.25) is 0 Å². The second-order valence-corrected chi connectivity index (χ2v) is 6.45. The lowest BCUT2D eigenvalue weighted by Crippen LogP contribution is -2.39. The molecule has 1 aromatic carbocycles. The molecule has 0 aliphatic rings. The highest BCUT2D eigenvalue weighted by molar-refractivity contribution is 5.80. The Morgan fingerprint density at radius 1 is 1.24 bits per heavy atom. The van der Waals surface area contributed by atoms with E-state index in [4.69, 9.17) is 4.74 Å². The molecule has 0 aliphatic carbocycles. The first-order chi connectivity index (χ1) is 12.0. The molecular weight excluding hydrogens is 316 g/mol. The Morgan fingerprint density at radius 3 is 2.68 bits per heavy atom. The van der Waals surface area contributed by atoms with Crippen LogP contribution in [0.15, 0.2) is 48.8 Å². The van der Waals surface area contributed by atoms with E-state index in [0.29, 0.717) is 18.2 Å². The summed E-state index contributed by atoms with van der Waals surface area (Å²) in [5.74, 6) is 0.982. The third kappa shape index (κ3) is 5.57. The van der Waals surface area contributed by atoms with Gasteiger partial charge >= 0.3 is 0 Å². The fraction of sp³-hybridized carbons (Fsp3) is 0.400. The van der Waals surface area contributed by atoms with E-state index in [2.05, 4.69) is 24.1 Å². The number of pyridine rings is 1. The van der Waals surface area contributed by atoms with Gasteiger partial charge in [-0.3, -0.25) is 9.78 Å². The van der Waals surface area contributed by atoms with Crippen molar-refractivity contribution >= 4 is 5.91 Å². The number of benzene rings is 1. The van der Waals surface area contributed by atoms with Crippen LogP contribution in [0.25, 0.3) is 0 Å². The highest BCUT2D eigenvalue weighted by Crippen LogP contribution is 2.23. The number of hydrogen-bond acceptors (Lipinski definition) is 4. The molecule has 5 heteroatoms. The van der Waals surface area contributed by atoms with E-state index in [9.17, 15) is 9.90 Å². The number of aliphatic hydroxyl groups is 1. The monoisotopic (exact) mass is 342 g/mol. The minimum absolute atomic E-state index is 0.0566. The van der Waals surface area contributed by atoms with Crippen LogP contribution >= 0.6 is 0 Å². The molecule has 5 nitrogen and oxygen atoms in total. The molecule has 0 saturated heterocycles. The summed E-state index contributed by atoms with van der Waals surface area (Å²) in [6, 6.07) is 11.0. The van der Waals surface area contributed by atoms with Crippen molar-refractivity contribution in [3.8, 4) is 5.75 Å². The lowest BCUT2D eigenvalue weighted by molar-refractivity contribution is -0.127. The fourth-order valence-corrected chi connectivity index (χ4v) is 2.66. The second kappa shape index (κ2) is 9.18. The molecule has 2 rings (SSSR count). The van der Waals surface area contributed by atoms with Crippen molar-refractivity contribution in [2.75, 3.05) is 6.54 Å². The SMILES string of the molecule is CC(Oc1cccc(CO)c1)C(=O)NCC(c1cccnc1)C(C)C. The Kier molecular flexibility index (Phi) is 6.95. The van der Waals surface area contributed by atoms with Crippen LogP contribution in [0, 0.1) is 5.92 Å². The third-order valence-corrected chi connectivity index (χ3v) is 4.18. The molecule has 1 aromatic heterocycles. The van der Waals surface area contributed by atoms with Crippen LogP contribution in [-0.4, -0.2) is 28.6 Å². The number of aliphatic hydroxyl groups excluding tert-OH is 1. The Labute approximate surface area is 149 Å². The summed E-state index contributed by atoms with van der Waals surface area (Å²) in [6.45, 7) is 6.45. The van der Waals surface area contributed by atoms with Crippen molar-refractivity contribution < 1.29 is 14.6 Å². The first-order valence-electron chi connectivity index (χ1n) is 8.55. The maximum absolute atomic E-state index is 12.4. The highest BCUT2D eigenvalue weighted by Gasteiger charge is 2.20. The number of ether oxygens (including phenoxy) is 1. The van der Waals surface area contributed by atoms with Crippen LogP contribution in [0.3, 0.4) is 0 Å². The van der Waals surface area contributed by atoms with Gasteiger partial charge < -0.3 is 15.2 Å². The van der Waals surface area contributed by atoms with Gasteiger partial charge in [-0.2, -0.15) is 0 Å². The molecule has 1 heterocycles. The zero-order chi connectivity index (χ0) is 18.2. The van der Waals surface area contributed by atoms with Crippen molar-refractivity contribution in [3.63, 3.8) is 0 Å². The van der Waals surface area contributed by atoms with E-state index in [-0.39, 0.29) is 18.4 Å². The standard InChI is InChI=1S/C20H26N2O3/c1-14(2)19(17-7-5-9-21-11-17)12-22-20(24)15(3)25-18-8-4-6-16(10-18)13-23/h4-11,14-15,19,23H,12-13H2,1-3H3,(H,22,24). The van der Waals surface area contributed by atoms with Gasteiger partial charge in [0.15, 0.2) is 6.10 Å². The molecular formula is C20H26N2O3. The van der Waals surface area contributed by atoms with Crippen LogP contribution in [0.4, 0.5) is 0 Å². The summed E-state index contributed by atoms with van der Waals surface area (Å²) in [7, 11) is 0. The molecule has 2 atom stereocenters. The van der Waals surface area contributed by atoms with E-state index in [0.717, 1.165) is 11.1 Å². The predicted octanol–water partition coefficient (Wildman–Crippen LogP) is 2.90. The van der Waals surface area contributed by atoms with Crippen molar-refractivity contribution in [2.45, 2.75) is 39.4 Å². The average molecular weight is 342 g/mol. The van der Waals surface area contributed by atoms with Gasteiger partial charge in [0.1, 0.15) is 5.75 Å². The summed E-state index contributed by atoms with van der Waals surface area (Å²) < 4.78 is 5.68. The van der Waals surface area contributed by atoms with Gasteiger partial charge in [-0.05, 0) is 42.2 Å². The van der Waals surface area contributed by atoms with Crippen LogP contribution in [0.5, 0.6) is 5.75 Å². The summed E-state index contributed by atoms with van der Waals surface area (Å²) in [5.41, 5.74) is 1.86. The second-order valence-electron chi connectivity index (χ2n) is 6.45. The van der Waals surface area contributed by atoms with E-state index >= 15 is 0 Å². The lowest BCUT2D eigenvalue weighted by Gasteiger charge is -2.23. The lowest BCUT2D eigenvalue weighted by atomic mass is 9.89. The van der Waals surface area contributed by atoms with Gasteiger partial charge in [0.2, 0.25) is 0 Å². The predicted molar refractivity (Wildman–Crippen MR) is 97.3 cm³/mol. The fourth-order valence-electron chi connectivity index (χ4n) is 2.66. The normalized spacial score (nSPS) is 13.3. The molecule has 0 radical (unpaired) electrons. The molecule has 0 bridgehead atoms. The first kappa shape index (κ1) is 18.9. The quantitative estimate of drug-likeness (QED) is 0.774. The summed E-state index contributed by atoms with van der Waals surface area (Å²) in [4.78, 5) is 16.5. The highest BCUT2D eigenvalue weighted by atomic mass is 16.5. The van der Waals surface area contributed by atoms with Crippen LogP contribution < -0.4 is 10.1 Å². The van der Waals surface area contributed by atoms with Gasteiger partial charge in [-0.1, -0.05) is 32.0 Å². The first-order valence-corrected chi connectivity index (χ1v) is 8.55. The molecule has 1 amide bonds. The largest absolute Gasteiger partial charge is 0.481 e. The Bertz CT molecular complexity index is 674. The zero-order valence-corrected chi connectivity index (χ0v) is 15.0. The van der Waals surface area contributed by atoms with Crippen molar-refractivity contribution in [2.24, 2.45) is 5.92 Å². The number of nitrogens with zero attached hydrogens (tertiary/aromatic N) is 1. The molecule has 0 spiro atoms. The Hall–Kier alpha value is -2.40. The maximum Gasteiger partial charge on any atom is 0.260 e. The summed E-state index contributed by atoms with van der Waals surface area (Å²) in [5, 5.41) is 12.1. The maximum atomic E-state index is 12.4. The van der Waals surface area contributed by atoms with Crippen LogP contribution in [0.1, 0.15) is 37.8 Å². The van der Waals surface area contributed by atoms with E-state index in [1.165, 1.54) is 0 Å². The minimum Gasteiger partial charge on any atom is -0.481 e. The summed E-state index contributed by atoms with van der Waals surface area (Å²) in [6.07, 6.45) is 2.98. The molecule has 0 saturated carbocycles. The van der Waals surface area contributed by atoms with Gasteiger partial charge in [-0.25, -0.2) is 0 Å². The molecule has 2 unspecified atom stereocenters. The number of carbonyl (C=O) groups excluding carboxylic acids is 1. The van der Waals surface area contributed by atoms with E-state index < -0.39 is 6.10 Å². The van der Waals surface area contributed by atoms with Crippen molar-refractivity contribution in [1.29, 1.82) is 0 Å². The molecule has 2 aromatic rings. The number of aromatic nitrogens is 1. The minimum atomic E-state index is -0.615. The molecule has 2 N–H and O–H groups in total. The number of rotatable bonds is 8. The average Bonchev–Trinajstić information content (AvgIpc) is 2.62. The topological polar surface area (TPSA) is 71.5 Å². The molecule has 0 aliphatic heterocycles. The number of hydrogen-bond donors (Lipinski definition) is 2. The zero-order valence-electron chi connectivity index (χ0n) is 15.0. The van der Waals surface area contributed by atoms with Crippen molar-refractivity contribution in [3.05, 3.63) is 59.9 Å². The molecule has 134 valence electrons. The van der Waals surface area contributed by atoms with Gasteiger partial charge in [-0.15, -0.1) is 0 Å². The van der Waals surface area contributed by atoms with Crippen LogP contribution in [-0.2, 0) is 11.4 Å². The Balaban J connectivity index is 1.93. The van der Waals surface area contributed by atoms with Gasteiger partial charge in [0.05, 0.1) is 6.61 Å². The van der Waals surface area contributed by atoms with Gasteiger partial charge in [0, 0.05) is 24.9 Å². The third-order valence-electron chi connectivity index (χ3n) is 4.18. The molecule has 0 fully saturated rings. The summed E-state index contributed by atoms with van der Waals surface area (Å²) >= 11 is 0. The van der Waals surface area contributed by atoms with E-state index in [1.54, 1.807) is 37.4 Å². The number of amides is 1. The van der Waals surface area contributed by atoms with Gasteiger partial charge in [0.25, 0.3) is 5.91 Å². The number of carbonyl (C=O) groups is 1. The smallest absolute Gasteiger partial charge is 0.260 e. The van der Waals surface area contributed by atoms with E-state index in [1.807, 2.05) is 18.3 Å². The number of nitrogens with one attached hydrogen (secondary N) is 1. The molecule has 25 heavy (non-hydrogen) atoms. The Morgan fingerprint density at radius 2 is 2.04 bits per heavy atom. The van der Waals surface area contributed by atoms with Crippen molar-refractivity contribution in [1.82, 2.24) is 10.3 Å².